The van der Waals surface area contributed by atoms with Gasteiger partial charge in [-0.15, -0.1) is 0 Å². The lowest BCUT2D eigenvalue weighted by atomic mass is 9.68. The molecular formula is C44H51N7O3. The molecule has 6 heterocycles. The average molecular weight is 726 g/mol. The number of aromatic nitrogens is 2. The molecule has 0 saturated carbocycles. The van der Waals surface area contributed by atoms with Gasteiger partial charge in [-0.3, -0.25) is 14.9 Å². The number of nitrogens with zero attached hydrogens (tertiary/aromatic N) is 6. The number of phenols is 1. The Morgan fingerprint density at radius 3 is 2.17 bits per heavy atom. The molecule has 10 heteroatoms. The molecule has 2 amide bonds. The molecule has 0 unspecified atom stereocenters. The maximum atomic E-state index is 12.3. The third-order valence-electron chi connectivity index (χ3n) is 13.1. The van der Waals surface area contributed by atoms with E-state index in [1.54, 1.807) is 6.07 Å². The predicted octanol–water partition coefficient (Wildman–Crippen LogP) is 5.44. The van der Waals surface area contributed by atoms with E-state index in [0.29, 0.717) is 29.5 Å². The van der Waals surface area contributed by atoms with Gasteiger partial charge in [0.15, 0.2) is 0 Å². The number of hydrogen-bond acceptors (Lipinski definition) is 9. The summed E-state index contributed by atoms with van der Waals surface area (Å²) >= 11 is 0. The van der Waals surface area contributed by atoms with Gasteiger partial charge in [0.05, 0.1) is 23.5 Å². The molecule has 54 heavy (non-hydrogen) atoms. The molecule has 2 N–H and O–H groups in total. The highest BCUT2D eigenvalue weighted by atomic mass is 16.3. The number of para-hydroxylation sites is 1. The molecule has 0 bridgehead atoms. The average Bonchev–Trinajstić information content (AvgIpc) is 3.17. The van der Waals surface area contributed by atoms with Crippen LogP contribution in [0.25, 0.3) is 11.3 Å². The van der Waals surface area contributed by atoms with E-state index in [0.717, 1.165) is 62.7 Å². The number of hydrogen-bond donors (Lipinski definition) is 2. The molecular weight excluding hydrogens is 675 g/mol. The molecule has 5 aliphatic rings. The van der Waals surface area contributed by atoms with Crippen LogP contribution >= 0.6 is 0 Å². The van der Waals surface area contributed by atoms with Gasteiger partial charge in [0.2, 0.25) is 11.8 Å². The van der Waals surface area contributed by atoms with Crippen molar-refractivity contribution < 1.29 is 14.7 Å². The molecule has 5 aliphatic heterocycles. The number of likely N-dealkylation sites (tertiary alicyclic amines) is 2. The number of phenolic OH excluding ortho intramolecular Hbond substituents is 1. The molecule has 1 atom stereocenters. The largest absolute Gasteiger partial charge is 0.507 e. The number of carbonyl (C=O) groups excluding carboxylic acids is 2. The van der Waals surface area contributed by atoms with Crippen LogP contribution in [-0.4, -0.2) is 102 Å². The molecule has 280 valence electrons. The molecule has 1 spiro atoms. The Balaban J connectivity index is 0.751. The fourth-order valence-corrected chi connectivity index (χ4v) is 10.2. The van der Waals surface area contributed by atoms with Crippen molar-refractivity contribution in [3.8, 4) is 17.0 Å². The van der Waals surface area contributed by atoms with Crippen molar-refractivity contribution in [1.29, 1.82) is 0 Å². The summed E-state index contributed by atoms with van der Waals surface area (Å²) in [6.45, 7) is 11.2. The Kier molecular flexibility index (Phi) is 9.35. The number of piperidine rings is 3. The van der Waals surface area contributed by atoms with Gasteiger partial charge in [0.25, 0.3) is 0 Å². The summed E-state index contributed by atoms with van der Waals surface area (Å²) < 4.78 is 0. The first kappa shape index (κ1) is 34.9. The lowest BCUT2D eigenvalue weighted by Crippen LogP contribution is -2.73. The third-order valence-corrected chi connectivity index (χ3v) is 13.1. The van der Waals surface area contributed by atoms with Crippen LogP contribution in [0.3, 0.4) is 0 Å². The summed E-state index contributed by atoms with van der Waals surface area (Å²) in [6.07, 6.45) is 7.46. The molecule has 0 aliphatic carbocycles. The van der Waals surface area contributed by atoms with Crippen LogP contribution in [0.4, 0.5) is 11.4 Å². The van der Waals surface area contributed by atoms with Crippen LogP contribution in [0.2, 0.25) is 0 Å². The highest BCUT2D eigenvalue weighted by Gasteiger charge is 2.53. The Bertz CT molecular complexity index is 1960. The van der Waals surface area contributed by atoms with Crippen molar-refractivity contribution in [2.24, 2.45) is 11.3 Å². The van der Waals surface area contributed by atoms with Crippen LogP contribution in [-0.2, 0) is 15.0 Å². The van der Waals surface area contributed by atoms with Gasteiger partial charge in [-0.2, -0.15) is 10.2 Å². The lowest BCUT2D eigenvalue weighted by Gasteiger charge is -2.62. The minimum absolute atomic E-state index is 0.128. The summed E-state index contributed by atoms with van der Waals surface area (Å²) in [4.78, 5) is 34.2. The van der Waals surface area contributed by atoms with Crippen molar-refractivity contribution in [1.82, 2.24) is 25.3 Å². The van der Waals surface area contributed by atoms with Gasteiger partial charge in [0.1, 0.15) is 5.75 Å². The lowest BCUT2D eigenvalue weighted by molar-refractivity contribution is -0.134. The van der Waals surface area contributed by atoms with E-state index >= 15 is 0 Å². The first-order chi connectivity index (χ1) is 26.3. The number of amides is 2. The van der Waals surface area contributed by atoms with E-state index in [9.17, 15) is 14.7 Å². The first-order valence-electron chi connectivity index (χ1n) is 19.9. The zero-order chi connectivity index (χ0) is 36.7. The van der Waals surface area contributed by atoms with E-state index in [4.69, 9.17) is 0 Å². The van der Waals surface area contributed by atoms with Gasteiger partial charge in [0, 0.05) is 93.9 Å². The molecule has 5 fully saturated rings. The number of imide groups is 1. The van der Waals surface area contributed by atoms with E-state index in [-0.39, 0.29) is 28.9 Å². The van der Waals surface area contributed by atoms with Crippen molar-refractivity contribution >= 4 is 23.2 Å². The van der Waals surface area contributed by atoms with E-state index in [1.807, 2.05) is 24.4 Å². The number of anilines is 2. The monoisotopic (exact) mass is 725 g/mol. The van der Waals surface area contributed by atoms with Gasteiger partial charge >= 0.3 is 0 Å². The Hall–Kier alpha value is -4.80. The maximum absolute atomic E-state index is 12.3. The number of benzene rings is 3. The quantitative estimate of drug-likeness (QED) is 0.218. The van der Waals surface area contributed by atoms with Crippen LogP contribution in [0.15, 0.2) is 91.1 Å². The van der Waals surface area contributed by atoms with Crippen molar-refractivity contribution in [3.63, 3.8) is 0 Å². The summed E-state index contributed by atoms with van der Waals surface area (Å²) in [7, 11) is 0. The Labute approximate surface area is 318 Å². The Morgan fingerprint density at radius 1 is 0.759 bits per heavy atom. The van der Waals surface area contributed by atoms with E-state index < -0.39 is 0 Å². The second-order valence-electron chi connectivity index (χ2n) is 16.8. The van der Waals surface area contributed by atoms with Gasteiger partial charge in [-0.05, 0) is 79.5 Å². The zero-order valence-corrected chi connectivity index (χ0v) is 31.1. The predicted molar refractivity (Wildman–Crippen MR) is 211 cm³/mol. The zero-order valence-electron chi connectivity index (χ0n) is 31.1. The highest BCUT2D eigenvalue weighted by Crippen LogP contribution is 2.45. The number of nitrogens with one attached hydrogen (secondary N) is 1. The molecule has 0 radical (unpaired) electrons. The summed E-state index contributed by atoms with van der Waals surface area (Å²) in [5, 5.41) is 21.5. The normalized spacial score (nSPS) is 23.1. The topological polar surface area (TPSA) is 105 Å². The first-order valence-corrected chi connectivity index (χ1v) is 19.9. The van der Waals surface area contributed by atoms with Gasteiger partial charge in [-0.1, -0.05) is 54.6 Å². The highest BCUT2D eigenvalue weighted by molar-refractivity contribution is 6.01. The van der Waals surface area contributed by atoms with Crippen LogP contribution in [0, 0.1) is 11.3 Å². The minimum atomic E-state index is -0.225. The molecule has 5 saturated heterocycles. The van der Waals surface area contributed by atoms with E-state index in [1.165, 1.54) is 56.8 Å². The minimum Gasteiger partial charge on any atom is -0.507 e. The Morgan fingerprint density at radius 2 is 1.44 bits per heavy atom. The summed E-state index contributed by atoms with van der Waals surface area (Å²) in [6, 6.07) is 29.0. The molecule has 3 aromatic carbocycles. The van der Waals surface area contributed by atoms with Crippen molar-refractivity contribution in [3.05, 3.63) is 102 Å². The second kappa shape index (κ2) is 14.5. The van der Waals surface area contributed by atoms with Crippen molar-refractivity contribution in [2.75, 3.05) is 75.2 Å². The fourth-order valence-electron chi connectivity index (χ4n) is 10.2. The number of aromatic hydroxyl groups is 1. The van der Waals surface area contributed by atoms with Crippen LogP contribution in [0.5, 0.6) is 5.75 Å². The van der Waals surface area contributed by atoms with Crippen LogP contribution < -0.4 is 15.1 Å². The maximum Gasteiger partial charge on any atom is 0.234 e. The summed E-state index contributed by atoms with van der Waals surface area (Å²) in [5.41, 5.74) is 6.76. The van der Waals surface area contributed by atoms with Crippen LogP contribution in [0.1, 0.15) is 55.6 Å². The van der Waals surface area contributed by atoms with E-state index in [2.05, 4.69) is 95.8 Å². The standard InChI is InChI=1S/C44H51N7O3/c52-40-9-5-4-8-38(40)39-24-36(25-45-47-39)51-22-18-44(19-23-51,34-6-2-1-3-7-34)31-49-29-43(30-49)27-48(28-43)26-32-16-20-50(21-17-32)35-12-10-33(11-13-35)37-14-15-41(53)46-42(37)54/h1-13,24-25,32,37,52H,14-23,26-31H2,(H,46,53,54)/t37-/m1/s1. The molecule has 1 aromatic heterocycles. The SMILES string of the molecule is O=C1CC[C@H](c2ccc(N3CCC(CN4CC5(C4)CN(CC4(c6ccccc6)CCN(c6cnnc(-c7ccccc7O)c6)CC4)C5)CC3)cc2)C(=O)N1. The molecule has 4 aromatic rings. The third kappa shape index (κ3) is 6.97. The number of carbonyl (C=O) groups is 2. The summed E-state index contributed by atoms with van der Waals surface area (Å²) in [5.74, 6) is 0.409. The molecule has 9 rings (SSSR count). The van der Waals surface area contributed by atoms with Crippen molar-refractivity contribution in [2.45, 2.75) is 49.9 Å². The van der Waals surface area contributed by atoms with Gasteiger partial charge < -0.3 is 24.7 Å². The number of rotatable bonds is 9. The molecule has 10 nitrogen and oxygen atoms in total. The smallest absolute Gasteiger partial charge is 0.234 e. The van der Waals surface area contributed by atoms with Gasteiger partial charge in [-0.25, -0.2) is 0 Å². The fraction of sp³-hybridized carbons (Fsp3) is 0.455. The second-order valence-corrected chi connectivity index (χ2v) is 16.8.